The first-order chi connectivity index (χ1) is 13.3. The number of nitrogens with one attached hydrogen (secondary N) is 1. The van der Waals surface area contributed by atoms with Gasteiger partial charge in [0, 0.05) is 36.5 Å². The average molecular weight is 381 g/mol. The molecule has 28 heavy (non-hydrogen) atoms. The van der Waals surface area contributed by atoms with Crippen molar-refractivity contribution in [3.63, 3.8) is 0 Å². The van der Waals surface area contributed by atoms with Gasteiger partial charge in [0.1, 0.15) is 17.5 Å². The van der Waals surface area contributed by atoms with Gasteiger partial charge in [-0.1, -0.05) is 32.9 Å². The fourth-order valence-electron chi connectivity index (χ4n) is 4.04. The first-order valence-corrected chi connectivity index (χ1v) is 9.97. The van der Waals surface area contributed by atoms with Crippen molar-refractivity contribution in [2.24, 2.45) is 5.92 Å². The first-order valence-electron chi connectivity index (χ1n) is 9.97. The number of Topliss-reactive ketones (excluding diaryl/α,β-unsaturated/α-hetero) is 1. The highest BCUT2D eigenvalue weighted by Crippen LogP contribution is 2.33. The van der Waals surface area contributed by atoms with Crippen LogP contribution in [0.3, 0.4) is 0 Å². The molecule has 6 nitrogen and oxygen atoms in total. The van der Waals surface area contributed by atoms with Gasteiger partial charge in [-0.25, -0.2) is 0 Å². The molecular formula is C22H27N3O3. The van der Waals surface area contributed by atoms with Crippen LogP contribution in [0, 0.1) is 5.92 Å². The van der Waals surface area contributed by atoms with Gasteiger partial charge >= 0.3 is 0 Å². The third-order valence-corrected chi connectivity index (χ3v) is 5.73. The highest BCUT2D eigenvalue weighted by Gasteiger charge is 2.36. The molecule has 0 unspecified atom stereocenters. The molecule has 2 aromatic rings. The Morgan fingerprint density at radius 3 is 2.82 bits per heavy atom. The summed E-state index contributed by atoms with van der Waals surface area (Å²) >= 11 is 0. The number of benzene rings is 1. The Labute approximate surface area is 165 Å². The third kappa shape index (κ3) is 3.55. The maximum Gasteiger partial charge on any atom is 0.274 e. The van der Waals surface area contributed by atoms with Gasteiger partial charge in [0.25, 0.3) is 5.91 Å². The number of aromatic amines is 1. The molecule has 2 aliphatic rings. The van der Waals surface area contributed by atoms with Crippen LogP contribution in [0.4, 0.5) is 0 Å². The number of nitrogens with zero attached hydrogens (tertiary/aromatic N) is 2. The monoisotopic (exact) mass is 381 g/mol. The quantitative estimate of drug-likeness (QED) is 0.863. The summed E-state index contributed by atoms with van der Waals surface area (Å²) in [4.78, 5) is 27.3. The highest BCUT2D eigenvalue weighted by molar-refractivity contribution is 6.00. The second-order valence-electron chi connectivity index (χ2n) is 8.85. The molecule has 1 N–H and O–H groups in total. The molecule has 1 fully saturated rings. The standard InChI is InChI=1S/C22H27N3O3/c1-22(2,3)20-11-16(23-24-20)21(27)25-10-6-7-14(13-25)19-12-17(26)15-8-4-5-9-18(15)28-19/h4-5,8-9,11,14,19H,6-7,10,12-13H2,1-3H3,(H,23,24)/t14-,19-/m1/s1. The minimum absolute atomic E-state index is 0.0565. The lowest BCUT2D eigenvalue weighted by Crippen LogP contribution is -2.46. The highest BCUT2D eigenvalue weighted by atomic mass is 16.5. The molecule has 1 amide bonds. The number of hydrogen-bond donors (Lipinski definition) is 1. The Bertz CT molecular complexity index is 896. The topological polar surface area (TPSA) is 75.3 Å². The van der Waals surface area contributed by atoms with E-state index >= 15 is 0 Å². The van der Waals surface area contributed by atoms with E-state index in [9.17, 15) is 9.59 Å². The summed E-state index contributed by atoms with van der Waals surface area (Å²) in [5, 5.41) is 7.23. The molecule has 1 aromatic carbocycles. The SMILES string of the molecule is CC(C)(C)c1cc(C(=O)N2CCC[C@@H]([C@H]3CC(=O)c4ccccc4O3)C2)n[nH]1. The molecule has 2 aliphatic heterocycles. The van der Waals surface area contributed by atoms with Crippen LogP contribution in [0.2, 0.25) is 0 Å². The van der Waals surface area contributed by atoms with Gasteiger partial charge in [-0.05, 0) is 31.0 Å². The lowest BCUT2D eigenvalue weighted by Gasteiger charge is -2.38. The van der Waals surface area contributed by atoms with E-state index in [0.717, 1.165) is 18.5 Å². The van der Waals surface area contributed by atoms with E-state index in [0.29, 0.717) is 36.5 Å². The normalized spacial score (nSPS) is 22.5. The van der Waals surface area contributed by atoms with E-state index in [2.05, 4.69) is 31.0 Å². The van der Waals surface area contributed by atoms with Gasteiger partial charge in [-0.3, -0.25) is 14.7 Å². The molecule has 3 heterocycles. The zero-order valence-electron chi connectivity index (χ0n) is 16.7. The number of para-hydroxylation sites is 1. The predicted molar refractivity (Wildman–Crippen MR) is 106 cm³/mol. The largest absolute Gasteiger partial charge is 0.489 e. The van der Waals surface area contributed by atoms with Crippen LogP contribution in [0.15, 0.2) is 30.3 Å². The molecule has 0 spiro atoms. The molecule has 0 aliphatic carbocycles. The van der Waals surface area contributed by atoms with Crippen LogP contribution in [0.1, 0.15) is 66.6 Å². The van der Waals surface area contributed by atoms with E-state index < -0.39 is 0 Å². The van der Waals surface area contributed by atoms with E-state index in [1.807, 2.05) is 35.2 Å². The number of aromatic nitrogens is 2. The van der Waals surface area contributed by atoms with Crippen molar-refractivity contribution in [1.29, 1.82) is 0 Å². The zero-order valence-corrected chi connectivity index (χ0v) is 16.7. The molecule has 4 rings (SSSR count). The first kappa shape index (κ1) is 18.7. The molecular weight excluding hydrogens is 354 g/mol. The number of H-pyrrole nitrogens is 1. The van der Waals surface area contributed by atoms with E-state index in [1.54, 1.807) is 0 Å². The van der Waals surface area contributed by atoms with Gasteiger partial charge in [0.15, 0.2) is 5.78 Å². The molecule has 0 saturated carbocycles. The summed E-state index contributed by atoms with van der Waals surface area (Å²) in [7, 11) is 0. The van der Waals surface area contributed by atoms with Crippen molar-refractivity contribution in [3.05, 3.63) is 47.3 Å². The van der Waals surface area contributed by atoms with Gasteiger partial charge in [-0.15, -0.1) is 0 Å². The third-order valence-electron chi connectivity index (χ3n) is 5.73. The molecule has 148 valence electrons. The summed E-state index contributed by atoms with van der Waals surface area (Å²) in [5.74, 6) is 0.877. The Hall–Kier alpha value is -2.63. The Morgan fingerprint density at radius 1 is 1.29 bits per heavy atom. The van der Waals surface area contributed by atoms with Crippen LogP contribution >= 0.6 is 0 Å². The Kier molecular flexibility index (Phi) is 4.73. The van der Waals surface area contributed by atoms with Gasteiger partial charge in [0.2, 0.25) is 0 Å². The average Bonchev–Trinajstić information content (AvgIpc) is 3.18. The minimum Gasteiger partial charge on any atom is -0.489 e. The zero-order chi connectivity index (χ0) is 19.9. The number of likely N-dealkylation sites (tertiary alicyclic amines) is 1. The van der Waals surface area contributed by atoms with Crippen LogP contribution in [-0.4, -0.2) is 46.0 Å². The van der Waals surface area contributed by atoms with E-state index in [4.69, 9.17) is 4.74 Å². The van der Waals surface area contributed by atoms with Crippen molar-refractivity contribution in [2.45, 2.75) is 51.6 Å². The van der Waals surface area contributed by atoms with Crippen LogP contribution in [0.25, 0.3) is 0 Å². The van der Waals surface area contributed by atoms with Crippen LogP contribution in [-0.2, 0) is 5.41 Å². The minimum atomic E-state index is -0.178. The Balaban J connectivity index is 1.47. The van der Waals surface area contributed by atoms with Crippen LogP contribution < -0.4 is 4.74 Å². The van der Waals surface area contributed by atoms with Gasteiger partial charge < -0.3 is 9.64 Å². The maximum atomic E-state index is 13.0. The van der Waals surface area contributed by atoms with E-state index in [-0.39, 0.29) is 29.1 Å². The van der Waals surface area contributed by atoms with Gasteiger partial charge in [0.05, 0.1) is 5.56 Å². The maximum absolute atomic E-state index is 13.0. The van der Waals surface area contributed by atoms with Crippen molar-refractivity contribution in [1.82, 2.24) is 15.1 Å². The molecule has 2 atom stereocenters. The smallest absolute Gasteiger partial charge is 0.274 e. The number of hydrogen-bond acceptors (Lipinski definition) is 4. The number of carbonyl (C=O) groups is 2. The summed E-state index contributed by atoms with van der Waals surface area (Å²) in [6.07, 6.45) is 2.06. The summed E-state index contributed by atoms with van der Waals surface area (Å²) in [5.41, 5.74) is 1.98. The number of ether oxygens (including phenoxy) is 1. The van der Waals surface area contributed by atoms with Crippen LogP contribution in [0.5, 0.6) is 5.75 Å². The predicted octanol–water partition coefficient (Wildman–Crippen LogP) is 3.59. The van der Waals surface area contributed by atoms with Gasteiger partial charge in [-0.2, -0.15) is 5.10 Å². The molecule has 0 bridgehead atoms. The molecule has 0 radical (unpaired) electrons. The lowest BCUT2D eigenvalue weighted by atomic mass is 9.86. The molecule has 1 saturated heterocycles. The number of ketones is 1. The number of piperidine rings is 1. The van der Waals surface area contributed by atoms with Crippen molar-refractivity contribution in [2.75, 3.05) is 13.1 Å². The number of fused-ring (bicyclic) bond motifs is 1. The van der Waals surface area contributed by atoms with E-state index in [1.165, 1.54) is 0 Å². The number of carbonyl (C=O) groups excluding carboxylic acids is 2. The fourth-order valence-corrected chi connectivity index (χ4v) is 4.04. The molecule has 1 aromatic heterocycles. The second-order valence-corrected chi connectivity index (χ2v) is 8.85. The van der Waals surface area contributed by atoms with Crippen molar-refractivity contribution < 1.29 is 14.3 Å². The number of rotatable bonds is 2. The van der Waals surface area contributed by atoms with Crippen molar-refractivity contribution >= 4 is 11.7 Å². The summed E-state index contributed by atoms with van der Waals surface area (Å²) < 4.78 is 6.14. The fraction of sp³-hybridized carbons (Fsp3) is 0.500. The van der Waals surface area contributed by atoms with Crippen molar-refractivity contribution in [3.8, 4) is 5.75 Å². The number of amides is 1. The Morgan fingerprint density at radius 2 is 2.07 bits per heavy atom. The summed E-state index contributed by atoms with van der Waals surface area (Å²) in [6, 6.07) is 9.26. The second kappa shape index (κ2) is 7.08. The molecule has 6 heteroatoms. The lowest BCUT2D eigenvalue weighted by molar-refractivity contribution is 0.0406. The summed E-state index contributed by atoms with van der Waals surface area (Å²) in [6.45, 7) is 7.56.